The maximum absolute atomic E-state index is 13.0. The van der Waals surface area contributed by atoms with E-state index < -0.39 is 33.5 Å². The third-order valence-electron chi connectivity index (χ3n) is 2.32. The Hall–Kier alpha value is -1.70. The molecule has 0 saturated heterocycles. The number of benzene rings is 1. The monoisotopic (exact) mass is 321 g/mol. The number of rotatable bonds is 3. The normalized spacial score (nSPS) is 12.3. The van der Waals surface area contributed by atoms with E-state index >= 15 is 0 Å². The zero-order chi connectivity index (χ0) is 16.4. The summed E-state index contributed by atoms with van der Waals surface area (Å²) in [4.78, 5) is 11.3. The summed E-state index contributed by atoms with van der Waals surface area (Å²) in [6.07, 6.45) is -2.91. The maximum atomic E-state index is 13.0. The summed E-state index contributed by atoms with van der Waals surface area (Å²) in [7, 11) is -3.61. The largest absolute Gasteiger partial charge is 0.444 e. The fourth-order valence-electron chi connectivity index (χ4n) is 1.48. The lowest BCUT2D eigenvalue weighted by Crippen LogP contribution is -2.27. The molecule has 0 aliphatic carbocycles. The van der Waals surface area contributed by atoms with Gasteiger partial charge in [-0.2, -0.15) is 0 Å². The average molecular weight is 321 g/mol. The van der Waals surface area contributed by atoms with Crippen LogP contribution in [0.4, 0.5) is 19.3 Å². The number of nitrogens with one attached hydrogen (secondary N) is 1. The van der Waals surface area contributed by atoms with Gasteiger partial charge in [0.05, 0.1) is 10.6 Å². The standard InChI is InChI=1S/C13H17F2NO4S/c1-13(2,3)20-12(17)16-10-6-5-8(21(4,18)19)7-9(10)11(14)15/h5-7,11H,1-4H3,(H,16,17). The second-order valence-electron chi connectivity index (χ2n) is 5.45. The van der Waals surface area contributed by atoms with Gasteiger partial charge in [0, 0.05) is 11.8 Å². The van der Waals surface area contributed by atoms with E-state index in [1.54, 1.807) is 20.8 Å². The molecule has 0 spiro atoms. The smallest absolute Gasteiger partial charge is 0.412 e. The first-order valence-electron chi connectivity index (χ1n) is 6.02. The summed E-state index contributed by atoms with van der Waals surface area (Å²) in [5.74, 6) is 0. The molecule has 0 radical (unpaired) electrons. The molecule has 5 nitrogen and oxygen atoms in total. The molecule has 0 bridgehead atoms. The minimum Gasteiger partial charge on any atom is -0.444 e. The van der Waals surface area contributed by atoms with Gasteiger partial charge in [-0.15, -0.1) is 0 Å². The molecule has 1 aromatic rings. The summed E-state index contributed by atoms with van der Waals surface area (Å²) >= 11 is 0. The predicted octanol–water partition coefficient (Wildman–Crippen LogP) is 3.37. The molecule has 8 heteroatoms. The summed E-state index contributed by atoms with van der Waals surface area (Å²) in [5, 5.41) is 2.19. The van der Waals surface area contributed by atoms with Crippen molar-refractivity contribution in [3.63, 3.8) is 0 Å². The fourth-order valence-corrected chi connectivity index (χ4v) is 2.14. The number of halogens is 2. The summed E-state index contributed by atoms with van der Waals surface area (Å²) in [6.45, 7) is 4.90. The first-order valence-corrected chi connectivity index (χ1v) is 7.91. The van der Waals surface area contributed by atoms with Crippen LogP contribution in [0.3, 0.4) is 0 Å². The van der Waals surface area contributed by atoms with Gasteiger partial charge < -0.3 is 4.74 Å². The summed E-state index contributed by atoms with van der Waals surface area (Å²) in [5.41, 5.74) is -1.54. The van der Waals surface area contributed by atoms with E-state index in [0.29, 0.717) is 0 Å². The predicted molar refractivity (Wildman–Crippen MR) is 74.4 cm³/mol. The van der Waals surface area contributed by atoms with Crippen molar-refractivity contribution in [1.82, 2.24) is 0 Å². The quantitative estimate of drug-likeness (QED) is 0.926. The molecule has 118 valence electrons. The Morgan fingerprint density at radius 3 is 2.29 bits per heavy atom. The van der Waals surface area contributed by atoms with E-state index in [1.807, 2.05) is 0 Å². The van der Waals surface area contributed by atoms with Crippen LogP contribution in [0.5, 0.6) is 0 Å². The highest BCUT2D eigenvalue weighted by molar-refractivity contribution is 7.90. The van der Waals surface area contributed by atoms with Crippen molar-refractivity contribution in [3.05, 3.63) is 23.8 Å². The third-order valence-corrected chi connectivity index (χ3v) is 3.43. The Morgan fingerprint density at radius 1 is 1.29 bits per heavy atom. The number of hydrogen-bond donors (Lipinski definition) is 1. The van der Waals surface area contributed by atoms with Gasteiger partial charge in [-0.25, -0.2) is 22.0 Å². The van der Waals surface area contributed by atoms with Gasteiger partial charge in [0.15, 0.2) is 9.84 Å². The third kappa shape index (κ3) is 5.30. The number of hydrogen-bond acceptors (Lipinski definition) is 4. The van der Waals surface area contributed by atoms with Crippen molar-refractivity contribution >= 4 is 21.6 Å². The molecule has 0 saturated carbocycles. The molecule has 1 amide bonds. The SMILES string of the molecule is CC(C)(C)OC(=O)Nc1ccc(S(C)(=O)=O)cc1C(F)F. The first-order chi connectivity index (χ1) is 9.40. The Morgan fingerprint density at radius 2 is 1.86 bits per heavy atom. The lowest BCUT2D eigenvalue weighted by atomic mass is 10.2. The van der Waals surface area contributed by atoms with Crippen LogP contribution < -0.4 is 5.32 Å². The number of carbonyl (C=O) groups is 1. The Bertz CT molecular complexity index is 636. The molecule has 1 rings (SSSR count). The minimum absolute atomic E-state index is 0.188. The molecule has 0 unspecified atom stereocenters. The Labute approximate surface area is 122 Å². The number of alkyl halides is 2. The van der Waals surface area contributed by atoms with E-state index in [9.17, 15) is 22.0 Å². The van der Waals surface area contributed by atoms with Crippen molar-refractivity contribution in [1.29, 1.82) is 0 Å². The van der Waals surface area contributed by atoms with Gasteiger partial charge in [0.1, 0.15) is 5.60 Å². The highest BCUT2D eigenvalue weighted by atomic mass is 32.2. The number of anilines is 1. The van der Waals surface area contributed by atoms with E-state index in [4.69, 9.17) is 4.74 Å². The number of sulfone groups is 1. The zero-order valence-electron chi connectivity index (χ0n) is 12.1. The fraction of sp³-hybridized carbons (Fsp3) is 0.462. The Kier molecular flexibility index (Phi) is 4.93. The van der Waals surface area contributed by atoms with Crippen molar-refractivity contribution in [2.75, 3.05) is 11.6 Å². The number of carbonyl (C=O) groups excluding carboxylic acids is 1. The van der Waals surface area contributed by atoms with E-state index in [2.05, 4.69) is 5.32 Å². The van der Waals surface area contributed by atoms with Crippen LogP contribution >= 0.6 is 0 Å². The van der Waals surface area contributed by atoms with Crippen LogP contribution in [0, 0.1) is 0 Å². The van der Waals surface area contributed by atoms with Crippen LogP contribution in [-0.4, -0.2) is 26.4 Å². The van der Waals surface area contributed by atoms with Crippen molar-refractivity contribution in [2.24, 2.45) is 0 Å². The lowest BCUT2D eigenvalue weighted by Gasteiger charge is -2.20. The second-order valence-corrected chi connectivity index (χ2v) is 7.46. The van der Waals surface area contributed by atoms with Gasteiger partial charge >= 0.3 is 6.09 Å². The topological polar surface area (TPSA) is 72.5 Å². The molecular weight excluding hydrogens is 304 g/mol. The highest BCUT2D eigenvalue weighted by Crippen LogP contribution is 2.30. The first kappa shape index (κ1) is 17.4. The van der Waals surface area contributed by atoms with Crippen LogP contribution in [0.15, 0.2) is 23.1 Å². The van der Waals surface area contributed by atoms with E-state index in [1.165, 1.54) is 0 Å². The average Bonchev–Trinajstić information content (AvgIpc) is 2.24. The molecule has 0 atom stereocenters. The summed E-state index contributed by atoms with van der Waals surface area (Å²) < 4.78 is 53.7. The Balaban J connectivity index is 3.11. The van der Waals surface area contributed by atoms with Gasteiger partial charge in [-0.3, -0.25) is 5.32 Å². The molecule has 1 N–H and O–H groups in total. The minimum atomic E-state index is -3.61. The van der Waals surface area contributed by atoms with Crippen molar-refractivity contribution < 1.29 is 26.7 Å². The van der Waals surface area contributed by atoms with Crippen LogP contribution in [0.2, 0.25) is 0 Å². The van der Waals surface area contributed by atoms with Crippen LogP contribution in [0.1, 0.15) is 32.8 Å². The van der Waals surface area contributed by atoms with Crippen LogP contribution in [-0.2, 0) is 14.6 Å². The van der Waals surface area contributed by atoms with Gasteiger partial charge in [-0.1, -0.05) is 0 Å². The zero-order valence-corrected chi connectivity index (χ0v) is 12.9. The van der Waals surface area contributed by atoms with Crippen molar-refractivity contribution in [2.45, 2.75) is 37.7 Å². The molecule has 0 aliphatic rings. The number of ether oxygens (including phenoxy) is 1. The number of amides is 1. The van der Waals surface area contributed by atoms with E-state index in [0.717, 1.165) is 24.5 Å². The van der Waals surface area contributed by atoms with E-state index in [-0.39, 0.29) is 10.6 Å². The molecule has 0 aromatic heterocycles. The maximum Gasteiger partial charge on any atom is 0.412 e. The molecule has 0 heterocycles. The second kappa shape index (κ2) is 5.97. The van der Waals surface area contributed by atoms with Crippen LogP contribution in [0.25, 0.3) is 0 Å². The summed E-state index contributed by atoms with van der Waals surface area (Å²) in [6, 6.07) is 3.10. The van der Waals surface area contributed by atoms with Crippen molar-refractivity contribution in [3.8, 4) is 0 Å². The van der Waals surface area contributed by atoms with Gasteiger partial charge in [0.25, 0.3) is 6.43 Å². The molecule has 21 heavy (non-hydrogen) atoms. The molecule has 0 aliphatic heterocycles. The van der Waals surface area contributed by atoms with Gasteiger partial charge in [0.2, 0.25) is 0 Å². The van der Waals surface area contributed by atoms with Gasteiger partial charge in [-0.05, 0) is 39.0 Å². The molecule has 0 fully saturated rings. The molecular formula is C13H17F2NO4S. The highest BCUT2D eigenvalue weighted by Gasteiger charge is 2.21. The molecule has 1 aromatic carbocycles. The lowest BCUT2D eigenvalue weighted by molar-refractivity contribution is 0.0635.